The molecule has 1 amide bonds. The molecule has 0 spiro atoms. The summed E-state index contributed by atoms with van der Waals surface area (Å²) in [5.74, 6) is 0.861. The van der Waals surface area contributed by atoms with Crippen LogP contribution in [0.5, 0.6) is 17.2 Å². The summed E-state index contributed by atoms with van der Waals surface area (Å²) in [7, 11) is 1.47. The van der Waals surface area contributed by atoms with Crippen molar-refractivity contribution in [3.63, 3.8) is 0 Å². The van der Waals surface area contributed by atoms with Gasteiger partial charge >= 0.3 is 0 Å². The minimum atomic E-state index is -0.322. The predicted molar refractivity (Wildman–Crippen MR) is 126 cm³/mol. The Kier molecular flexibility index (Phi) is 7.15. The molecular weight excluding hydrogens is 404 g/mol. The van der Waals surface area contributed by atoms with Crippen molar-refractivity contribution in [2.24, 2.45) is 5.10 Å². The van der Waals surface area contributed by atoms with Crippen molar-refractivity contribution in [2.75, 3.05) is 7.11 Å². The van der Waals surface area contributed by atoms with Crippen LogP contribution in [0.1, 0.15) is 47.8 Å². The van der Waals surface area contributed by atoms with Crippen LogP contribution in [0.25, 0.3) is 0 Å². The highest BCUT2D eigenvalue weighted by Gasteiger charge is 2.13. The summed E-state index contributed by atoms with van der Waals surface area (Å²) >= 11 is 0. The SMILES string of the molecule is COc1cc(C=NNC(=O)c2ccc(COc3ccc(C(C)(C)C)cc3)cc2)ccc1O. The number of carbonyl (C=O) groups is 1. The van der Waals surface area contributed by atoms with Gasteiger partial charge in [-0.25, -0.2) is 5.43 Å². The molecule has 0 fully saturated rings. The molecule has 0 saturated carbocycles. The Hall–Kier alpha value is -3.80. The number of nitrogens with one attached hydrogen (secondary N) is 1. The lowest BCUT2D eigenvalue weighted by molar-refractivity contribution is 0.0955. The van der Waals surface area contributed by atoms with Gasteiger partial charge in [-0.1, -0.05) is 45.0 Å². The molecule has 0 unspecified atom stereocenters. The summed E-state index contributed by atoms with van der Waals surface area (Å²) in [6.45, 7) is 6.95. The smallest absolute Gasteiger partial charge is 0.271 e. The molecule has 0 heterocycles. The molecule has 6 heteroatoms. The molecule has 0 bridgehead atoms. The van der Waals surface area contributed by atoms with Crippen LogP contribution in [0.2, 0.25) is 0 Å². The average molecular weight is 433 g/mol. The van der Waals surface area contributed by atoms with E-state index in [0.717, 1.165) is 11.3 Å². The van der Waals surface area contributed by atoms with Crippen LogP contribution in [-0.4, -0.2) is 24.3 Å². The Morgan fingerprint density at radius 2 is 1.72 bits per heavy atom. The van der Waals surface area contributed by atoms with Gasteiger partial charge in [0.1, 0.15) is 12.4 Å². The first kappa shape index (κ1) is 22.9. The van der Waals surface area contributed by atoms with Crippen LogP contribution in [0, 0.1) is 0 Å². The topological polar surface area (TPSA) is 80.2 Å². The summed E-state index contributed by atoms with van der Waals surface area (Å²) < 4.78 is 10.9. The second kappa shape index (κ2) is 10.0. The molecule has 0 aliphatic heterocycles. The molecule has 0 saturated heterocycles. The van der Waals surface area contributed by atoms with E-state index in [1.807, 2.05) is 24.3 Å². The van der Waals surface area contributed by atoms with Gasteiger partial charge in [0.2, 0.25) is 0 Å². The van der Waals surface area contributed by atoms with Gasteiger partial charge in [-0.3, -0.25) is 4.79 Å². The first-order valence-electron chi connectivity index (χ1n) is 10.3. The zero-order valence-electron chi connectivity index (χ0n) is 18.8. The monoisotopic (exact) mass is 432 g/mol. The Bertz CT molecular complexity index is 1080. The highest BCUT2D eigenvalue weighted by molar-refractivity contribution is 5.94. The van der Waals surface area contributed by atoms with Crippen LogP contribution in [0.15, 0.2) is 71.8 Å². The molecular formula is C26H28N2O4. The van der Waals surface area contributed by atoms with E-state index in [1.165, 1.54) is 25.0 Å². The van der Waals surface area contributed by atoms with Crippen molar-refractivity contribution in [3.8, 4) is 17.2 Å². The van der Waals surface area contributed by atoms with Gasteiger partial charge in [-0.05, 0) is 64.6 Å². The van der Waals surface area contributed by atoms with Crippen LogP contribution in [0.4, 0.5) is 0 Å². The number of amides is 1. The van der Waals surface area contributed by atoms with Crippen molar-refractivity contribution >= 4 is 12.1 Å². The normalized spacial score (nSPS) is 11.4. The first-order chi connectivity index (χ1) is 15.3. The molecule has 6 nitrogen and oxygen atoms in total. The standard InChI is InChI=1S/C26H28N2O4/c1-26(2,3)21-10-12-22(13-11-21)32-17-18-5-8-20(9-6-18)25(30)28-27-16-19-7-14-23(29)24(15-19)31-4/h5-16,29H,17H2,1-4H3,(H,28,30). The molecule has 3 aromatic carbocycles. The Morgan fingerprint density at radius 1 is 1.03 bits per heavy atom. The number of hydrogen-bond donors (Lipinski definition) is 2. The zero-order valence-corrected chi connectivity index (χ0v) is 18.8. The lowest BCUT2D eigenvalue weighted by Gasteiger charge is -2.19. The average Bonchev–Trinajstić information content (AvgIpc) is 2.78. The molecule has 0 aromatic heterocycles. The molecule has 0 aliphatic carbocycles. The molecule has 166 valence electrons. The number of phenolic OH excluding ortho intramolecular Hbond substituents is 1. The van der Waals surface area contributed by atoms with Gasteiger partial charge in [0, 0.05) is 5.56 Å². The fourth-order valence-corrected chi connectivity index (χ4v) is 2.97. The highest BCUT2D eigenvalue weighted by Crippen LogP contribution is 2.26. The molecule has 2 N–H and O–H groups in total. The molecule has 0 radical (unpaired) electrons. The minimum Gasteiger partial charge on any atom is -0.504 e. The van der Waals surface area contributed by atoms with E-state index < -0.39 is 0 Å². The van der Waals surface area contributed by atoms with Crippen LogP contribution in [0.3, 0.4) is 0 Å². The maximum atomic E-state index is 12.3. The second-order valence-electron chi connectivity index (χ2n) is 8.39. The third kappa shape index (κ3) is 6.11. The van der Waals surface area contributed by atoms with E-state index in [-0.39, 0.29) is 17.1 Å². The van der Waals surface area contributed by atoms with Crippen molar-refractivity contribution in [2.45, 2.75) is 32.8 Å². The first-order valence-corrected chi connectivity index (χ1v) is 10.3. The van der Waals surface area contributed by atoms with Crippen molar-refractivity contribution in [3.05, 3.63) is 89.0 Å². The van der Waals surface area contributed by atoms with E-state index in [0.29, 0.717) is 23.5 Å². The van der Waals surface area contributed by atoms with E-state index in [2.05, 4.69) is 43.4 Å². The number of carbonyl (C=O) groups excluding carboxylic acids is 1. The number of benzene rings is 3. The third-order valence-electron chi connectivity index (χ3n) is 4.93. The van der Waals surface area contributed by atoms with Gasteiger partial charge in [0.05, 0.1) is 13.3 Å². The van der Waals surface area contributed by atoms with E-state index in [4.69, 9.17) is 9.47 Å². The van der Waals surface area contributed by atoms with Gasteiger partial charge in [0.25, 0.3) is 5.91 Å². The van der Waals surface area contributed by atoms with Crippen LogP contribution >= 0.6 is 0 Å². The Balaban J connectivity index is 1.53. The third-order valence-corrected chi connectivity index (χ3v) is 4.93. The number of nitrogens with zero attached hydrogens (tertiary/aromatic N) is 1. The summed E-state index contributed by atoms with van der Waals surface area (Å²) in [5, 5.41) is 13.6. The molecule has 32 heavy (non-hydrogen) atoms. The Labute approximate surface area is 188 Å². The number of rotatable bonds is 7. The van der Waals surface area contributed by atoms with Gasteiger partial charge in [-0.15, -0.1) is 0 Å². The van der Waals surface area contributed by atoms with Gasteiger partial charge in [0.15, 0.2) is 11.5 Å². The van der Waals surface area contributed by atoms with Gasteiger partial charge in [-0.2, -0.15) is 5.10 Å². The number of phenols is 1. The molecule has 0 aliphatic rings. The number of methoxy groups -OCH3 is 1. The summed E-state index contributed by atoms with van der Waals surface area (Å²) in [6.07, 6.45) is 1.48. The molecule has 3 aromatic rings. The maximum Gasteiger partial charge on any atom is 0.271 e. The fraction of sp³-hybridized carbons (Fsp3) is 0.231. The predicted octanol–water partition coefficient (Wildman–Crippen LogP) is 5.04. The lowest BCUT2D eigenvalue weighted by atomic mass is 9.87. The summed E-state index contributed by atoms with van der Waals surface area (Å²) in [6, 6.07) is 20.1. The second-order valence-corrected chi connectivity index (χ2v) is 8.39. The maximum absolute atomic E-state index is 12.3. The van der Waals surface area contributed by atoms with Crippen LogP contribution in [-0.2, 0) is 12.0 Å². The highest BCUT2D eigenvalue weighted by atomic mass is 16.5. The lowest BCUT2D eigenvalue weighted by Crippen LogP contribution is -2.17. The zero-order chi connectivity index (χ0) is 23.1. The number of hydrazone groups is 1. The van der Waals surface area contributed by atoms with Gasteiger partial charge < -0.3 is 14.6 Å². The largest absolute Gasteiger partial charge is 0.504 e. The number of ether oxygens (including phenoxy) is 2. The van der Waals surface area contributed by atoms with Crippen molar-refractivity contribution < 1.29 is 19.4 Å². The van der Waals surface area contributed by atoms with E-state index in [1.54, 1.807) is 24.3 Å². The van der Waals surface area contributed by atoms with Crippen molar-refractivity contribution in [1.29, 1.82) is 0 Å². The van der Waals surface area contributed by atoms with Crippen LogP contribution < -0.4 is 14.9 Å². The quantitative estimate of drug-likeness (QED) is 0.405. The number of hydrogen-bond acceptors (Lipinski definition) is 5. The van der Waals surface area contributed by atoms with Crippen molar-refractivity contribution in [1.82, 2.24) is 5.43 Å². The minimum absolute atomic E-state index is 0.0414. The summed E-state index contributed by atoms with van der Waals surface area (Å²) in [5.41, 5.74) is 5.99. The number of aromatic hydroxyl groups is 1. The molecule has 3 rings (SSSR count). The fourth-order valence-electron chi connectivity index (χ4n) is 2.97. The van der Waals surface area contributed by atoms with E-state index >= 15 is 0 Å². The molecule has 0 atom stereocenters. The summed E-state index contributed by atoms with van der Waals surface area (Å²) in [4.78, 5) is 12.3. The van der Waals surface area contributed by atoms with E-state index in [9.17, 15) is 9.90 Å². The Morgan fingerprint density at radius 3 is 2.34 bits per heavy atom.